The van der Waals surface area contributed by atoms with Crippen LogP contribution in [0.3, 0.4) is 0 Å². The first-order valence-electron chi connectivity index (χ1n) is 7.53. The zero-order valence-corrected chi connectivity index (χ0v) is 12.5. The summed E-state index contributed by atoms with van der Waals surface area (Å²) < 4.78 is 0. The molecule has 1 aliphatic heterocycles. The molecule has 0 atom stereocenters. The summed E-state index contributed by atoms with van der Waals surface area (Å²) in [6, 6.07) is 9.48. The van der Waals surface area contributed by atoms with Crippen LogP contribution >= 0.6 is 0 Å². The number of rotatable bonds is 5. The third-order valence-electron chi connectivity index (χ3n) is 3.97. The van der Waals surface area contributed by atoms with Crippen molar-refractivity contribution in [2.45, 2.75) is 19.4 Å². The van der Waals surface area contributed by atoms with E-state index in [2.05, 4.69) is 0 Å². The Morgan fingerprint density at radius 3 is 2.36 bits per heavy atom. The number of aliphatic carboxylic acids is 1. The molecule has 0 saturated carbocycles. The number of aliphatic hydroxyl groups is 1. The average Bonchev–Trinajstić information content (AvgIpc) is 2.55. The lowest BCUT2D eigenvalue weighted by Gasteiger charge is -2.34. The number of likely N-dealkylation sites (tertiary alicyclic amines) is 1. The first-order valence-corrected chi connectivity index (χ1v) is 7.53. The molecule has 2 rings (SSSR count). The van der Waals surface area contributed by atoms with Gasteiger partial charge in [0.25, 0.3) is 0 Å². The molecule has 0 bridgehead atoms. The quantitative estimate of drug-likeness (QED) is 0.861. The average molecular weight is 306 g/mol. The largest absolute Gasteiger partial charge is 0.481 e. The van der Waals surface area contributed by atoms with Crippen molar-refractivity contribution in [2.75, 3.05) is 26.2 Å². The molecule has 6 nitrogen and oxygen atoms in total. The number of hydrogen-bond acceptors (Lipinski definition) is 3. The lowest BCUT2D eigenvalue weighted by molar-refractivity contribution is -0.143. The molecule has 120 valence electrons. The van der Waals surface area contributed by atoms with Gasteiger partial charge in [-0.05, 0) is 18.4 Å². The normalized spacial score (nSPS) is 15.6. The molecule has 1 saturated heterocycles. The van der Waals surface area contributed by atoms with E-state index >= 15 is 0 Å². The molecule has 0 aromatic heterocycles. The van der Waals surface area contributed by atoms with Crippen molar-refractivity contribution in [1.29, 1.82) is 0 Å². The minimum atomic E-state index is -0.788. The third-order valence-corrected chi connectivity index (χ3v) is 3.97. The van der Waals surface area contributed by atoms with Crippen LogP contribution in [0, 0.1) is 5.92 Å². The number of carbonyl (C=O) groups is 2. The second kappa shape index (κ2) is 7.79. The monoisotopic (exact) mass is 306 g/mol. The molecule has 1 fully saturated rings. The standard InChI is InChI=1S/C16H22N2O4/c19-11-10-18(12-13-4-2-1-3-5-13)16(22)17-8-6-14(7-9-17)15(20)21/h1-5,14,19H,6-12H2,(H,20,21). The molecule has 1 heterocycles. The Bertz CT molecular complexity index is 498. The zero-order valence-electron chi connectivity index (χ0n) is 12.5. The van der Waals surface area contributed by atoms with E-state index in [1.165, 1.54) is 0 Å². The maximum absolute atomic E-state index is 12.6. The second-order valence-corrected chi connectivity index (χ2v) is 5.51. The number of benzene rings is 1. The maximum Gasteiger partial charge on any atom is 0.320 e. The number of piperidine rings is 1. The Labute approximate surface area is 130 Å². The van der Waals surface area contributed by atoms with Crippen LogP contribution in [0.15, 0.2) is 30.3 Å². The first kappa shape index (κ1) is 16.3. The number of nitrogens with zero attached hydrogens (tertiary/aromatic N) is 2. The summed E-state index contributed by atoms with van der Waals surface area (Å²) in [5.74, 6) is -1.15. The number of carbonyl (C=O) groups excluding carboxylic acids is 1. The Morgan fingerprint density at radius 2 is 1.82 bits per heavy atom. The minimum absolute atomic E-state index is 0.0931. The van der Waals surface area contributed by atoms with Crippen molar-refractivity contribution >= 4 is 12.0 Å². The van der Waals surface area contributed by atoms with Crippen LogP contribution < -0.4 is 0 Å². The lowest BCUT2D eigenvalue weighted by Crippen LogP contribution is -2.48. The highest BCUT2D eigenvalue weighted by Crippen LogP contribution is 2.19. The van der Waals surface area contributed by atoms with Gasteiger partial charge in [0, 0.05) is 26.2 Å². The summed E-state index contributed by atoms with van der Waals surface area (Å²) in [6.07, 6.45) is 0.971. The predicted molar refractivity (Wildman–Crippen MR) is 81.3 cm³/mol. The molecule has 1 aliphatic rings. The van der Waals surface area contributed by atoms with Gasteiger partial charge in [-0.3, -0.25) is 4.79 Å². The Balaban J connectivity index is 1.96. The summed E-state index contributed by atoms with van der Waals surface area (Å²) in [5.41, 5.74) is 1.00. The molecule has 2 amide bonds. The van der Waals surface area contributed by atoms with Crippen LogP contribution in [-0.4, -0.2) is 58.3 Å². The highest BCUT2D eigenvalue weighted by molar-refractivity contribution is 5.75. The summed E-state index contributed by atoms with van der Waals surface area (Å²) in [4.78, 5) is 26.8. The highest BCUT2D eigenvalue weighted by Gasteiger charge is 2.29. The van der Waals surface area contributed by atoms with Gasteiger partial charge >= 0.3 is 12.0 Å². The van der Waals surface area contributed by atoms with Gasteiger partial charge < -0.3 is 20.0 Å². The number of aliphatic hydroxyl groups excluding tert-OH is 1. The van der Waals surface area contributed by atoms with Crippen molar-refractivity contribution in [3.05, 3.63) is 35.9 Å². The van der Waals surface area contributed by atoms with Gasteiger partial charge in [0.15, 0.2) is 0 Å². The van der Waals surface area contributed by atoms with Crippen molar-refractivity contribution < 1.29 is 19.8 Å². The summed E-state index contributed by atoms with van der Waals surface area (Å²) in [5, 5.41) is 18.2. The molecule has 1 aromatic rings. The molecule has 0 unspecified atom stereocenters. The highest BCUT2D eigenvalue weighted by atomic mass is 16.4. The van der Waals surface area contributed by atoms with Crippen LogP contribution in [0.4, 0.5) is 4.79 Å². The molecule has 1 aromatic carbocycles. The van der Waals surface area contributed by atoms with E-state index < -0.39 is 5.97 Å². The Morgan fingerprint density at radius 1 is 1.18 bits per heavy atom. The Hall–Kier alpha value is -2.08. The van der Waals surface area contributed by atoms with Crippen molar-refractivity contribution in [1.82, 2.24) is 9.80 Å². The number of amides is 2. The smallest absolute Gasteiger partial charge is 0.320 e. The molecule has 0 aliphatic carbocycles. The van der Waals surface area contributed by atoms with Crippen molar-refractivity contribution in [3.63, 3.8) is 0 Å². The van der Waals surface area contributed by atoms with Gasteiger partial charge in [-0.1, -0.05) is 30.3 Å². The molecule has 0 radical (unpaired) electrons. The first-order chi connectivity index (χ1) is 10.6. The lowest BCUT2D eigenvalue weighted by atomic mass is 9.97. The van der Waals surface area contributed by atoms with Gasteiger partial charge in [-0.25, -0.2) is 4.79 Å². The van der Waals surface area contributed by atoms with Crippen molar-refractivity contribution in [2.24, 2.45) is 5.92 Å². The van der Waals surface area contributed by atoms with Crippen LogP contribution in [0.25, 0.3) is 0 Å². The van der Waals surface area contributed by atoms with E-state index in [-0.39, 0.29) is 25.1 Å². The van der Waals surface area contributed by atoms with Gasteiger partial charge in [-0.15, -0.1) is 0 Å². The molecule has 6 heteroatoms. The van der Waals surface area contributed by atoms with E-state index in [1.807, 2.05) is 30.3 Å². The predicted octanol–water partition coefficient (Wildman–Crippen LogP) is 1.40. The number of hydrogen-bond donors (Lipinski definition) is 2. The van der Waals surface area contributed by atoms with Crippen LogP contribution in [-0.2, 0) is 11.3 Å². The van der Waals surface area contributed by atoms with Crippen LogP contribution in [0.1, 0.15) is 18.4 Å². The van der Waals surface area contributed by atoms with Crippen LogP contribution in [0.5, 0.6) is 0 Å². The summed E-state index contributed by atoms with van der Waals surface area (Å²) in [6.45, 7) is 1.52. The zero-order chi connectivity index (χ0) is 15.9. The summed E-state index contributed by atoms with van der Waals surface area (Å²) >= 11 is 0. The molecule has 22 heavy (non-hydrogen) atoms. The van der Waals surface area contributed by atoms with E-state index in [9.17, 15) is 14.7 Å². The van der Waals surface area contributed by atoms with E-state index in [0.29, 0.717) is 32.5 Å². The SMILES string of the molecule is O=C(O)C1CCN(C(=O)N(CCO)Cc2ccccc2)CC1. The van der Waals surface area contributed by atoms with Gasteiger partial charge in [0.2, 0.25) is 0 Å². The molecule has 0 spiro atoms. The molecular formula is C16H22N2O4. The fourth-order valence-corrected chi connectivity index (χ4v) is 2.68. The number of carboxylic acid groups (broad SMARTS) is 1. The number of urea groups is 1. The fourth-order valence-electron chi connectivity index (χ4n) is 2.68. The van der Waals surface area contributed by atoms with Gasteiger partial charge in [0.1, 0.15) is 0 Å². The molecule has 2 N–H and O–H groups in total. The second-order valence-electron chi connectivity index (χ2n) is 5.51. The topological polar surface area (TPSA) is 81.1 Å². The van der Waals surface area contributed by atoms with Crippen molar-refractivity contribution in [3.8, 4) is 0 Å². The Kier molecular flexibility index (Phi) is 5.77. The van der Waals surface area contributed by atoms with Gasteiger partial charge in [0.05, 0.1) is 12.5 Å². The summed E-state index contributed by atoms with van der Waals surface area (Å²) in [7, 11) is 0. The van der Waals surface area contributed by atoms with Gasteiger partial charge in [-0.2, -0.15) is 0 Å². The molecular weight excluding hydrogens is 284 g/mol. The van der Waals surface area contributed by atoms with E-state index in [0.717, 1.165) is 5.56 Å². The number of carboxylic acids is 1. The maximum atomic E-state index is 12.6. The third kappa shape index (κ3) is 4.21. The van der Waals surface area contributed by atoms with E-state index in [1.54, 1.807) is 9.80 Å². The van der Waals surface area contributed by atoms with Crippen LogP contribution in [0.2, 0.25) is 0 Å². The fraction of sp³-hybridized carbons (Fsp3) is 0.500. The van der Waals surface area contributed by atoms with E-state index in [4.69, 9.17) is 5.11 Å². The minimum Gasteiger partial charge on any atom is -0.481 e.